The Morgan fingerprint density at radius 2 is 2.03 bits per heavy atom. The van der Waals surface area contributed by atoms with Gasteiger partial charge < -0.3 is 15.0 Å². The van der Waals surface area contributed by atoms with Crippen LogP contribution in [0.1, 0.15) is 29.7 Å². The van der Waals surface area contributed by atoms with E-state index in [1.807, 2.05) is 4.90 Å². The third kappa shape index (κ3) is 4.14. The van der Waals surface area contributed by atoms with Gasteiger partial charge in [0.2, 0.25) is 5.91 Å². The van der Waals surface area contributed by atoms with Crippen LogP contribution in [-0.4, -0.2) is 41.8 Å². The average molecular weight is 457 g/mol. The quantitative estimate of drug-likeness (QED) is 0.637. The first-order valence-electron chi connectivity index (χ1n) is 11.0. The monoisotopic (exact) mass is 456 g/mol. The van der Waals surface area contributed by atoms with E-state index in [9.17, 15) is 14.0 Å². The minimum atomic E-state index is -0.377. The van der Waals surface area contributed by atoms with Gasteiger partial charge in [0.1, 0.15) is 10.6 Å². The number of morpholine rings is 1. The topological polar surface area (TPSA) is 76.5 Å². The van der Waals surface area contributed by atoms with Crippen molar-refractivity contribution in [2.24, 2.45) is 0 Å². The number of nitrogens with zero attached hydrogens (tertiary/aromatic N) is 3. The number of nitrogens with one attached hydrogen (secondary N) is 1. The van der Waals surface area contributed by atoms with Crippen molar-refractivity contribution >= 4 is 38.8 Å². The van der Waals surface area contributed by atoms with E-state index in [1.165, 1.54) is 21.8 Å². The highest BCUT2D eigenvalue weighted by molar-refractivity contribution is 7.18. The molecule has 0 saturated carbocycles. The maximum atomic E-state index is 14.6. The predicted molar refractivity (Wildman–Crippen MR) is 123 cm³/mol. The second kappa shape index (κ2) is 8.99. The minimum Gasteiger partial charge on any atom is -0.378 e. The van der Waals surface area contributed by atoms with Crippen molar-refractivity contribution in [3.63, 3.8) is 0 Å². The first-order chi connectivity index (χ1) is 15.6. The molecule has 1 saturated heterocycles. The largest absolute Gasteiger partial charge is 0.378 e. The maximum absolute atomic E-state index is 14.6. The summed E-state index contributed by atoms with van der Waals surface area (Å²) >= 11 is 1.61. The van der Waals surface area contributed by atoms with Gasteiger partial charge in [-0.15, -0.1) is 11.3 Å². The summed E-state index contributed by atoms with van der Waals surface area (Å²) in [6.07, 6.45) is 5.81. The number of amides is 1. The second-order valence-electron chi connectivity index (χ2n) is 8.20. The van der Waals surface area contributed by atoms with Crippen molar-refractivity contribution < 1.29 is 13.9 Å². The van der Waals surface area contributed by atoms with Crippen LogP contribution >= 0.6 is 11.3 Å². The number of carbonyl (C=O) groups excluding carboxylic acids is 1. The van der Waals surface area contributed by atoms with Crippen LogP contribution in [0.3, 0.4) is 0 Å². The third-order valence-electron chi connectivity index (χ3n) is 6.10. The number of carbonyl (C=O) groups is 1. The van der Waals surface area contributed by atoms with Gasteiger partial charge in [0.15, 0.2) is 0 Å². The molecule has 1 fully saturated rings. The summed E-state index contributed by atoms with van der Waals surface area (Å²) in [6.45, 7) is 2.66. The SMILES string of the molecule is O=C(CCn1cnc2sc3c(c2c1=O)CCCC3)Nc1ccc(N2CCOCC2)c(F)c1. The van der Waals surface area contributed by atoms with Crippen LogP contribution in [0.5, 0.6) is 0 Å². The van der Waals surface area contributed by atoms with Gasteiger partial charge in [-0.1, -0.05) is 0 Å². The zero-order chi connectivity index (χ0) is 22.1. The van der Waals surface area contributed by atoms with Gasteiger partial charge >= 0.3 is 0 Å². The standard InChI is InChI=1S/C23H25FN4O3S/c24-17-13-15(5-6-18(17)27-9-11-31-12-10-27)26-20(29)7-8-28-14-25-22-21(23(28)30)16-3-1-2-4-19(16)32-22/h5-6,13-14H,1-4,7-12H2,(H,26,29). The van der Waals surface area contributed by atoms with Gasteiger partial charge in [-0.3, -0.25) is 14.2 Å². The number of ether oxygens (including phenoxy) is 1. The van der Waals surface area contributed by atoms with Crippen molar-refractivity contribution in [3.05, 3.63) is 51.1 Å². The van der Waals surface area contributed by atoms with Crippen LogP contribution in [0.15, 0.2) is 29.3 Å². The lowest BCUT2D eigenvalue weighted by atomic mass is 9.97. The average Bonchev–Trinajstić information content (AvgIpc) is 3.19. The summed E-state index contributed by atoms with van der Waals surface area (Å²) < 4.78 is 21.4. The Kier molecular flexibility index (Phi) is 5.93. The number of aryl methyl sites for hydroxylation is 3. The number of anilines is 2. The van der Waals surface area contributed by atoms with Crippen LogP contribution < -0.4 is 15.8 Å². The highest BCUT2D eigenvalue weighted by Crippen LogP contribution is 2.33. The summed E-state index contributed by atoms with van der Waals surface area (Å²) in [5, 5.41) is 3.44. The molecule has 0 spiro atoms. The molecular formula is C23H25FN4O3S. The number of thiophene rings is 1. The fraction of sp³-hybridized carbons (Fsp3) is 0.435. The lowest BCUT2D eigenvalue weighted by Crippen LogP contribution is -2.36. The Hall–Kier alpha value is -2.78. The van der Waals surface area contributed by atoms with E-state index >= 15 is 0 Å². The molecule has 1 aromatic carbocycles. The van der Waals surface area contributed by atoms with E-state index < -0.39 is 0 Å². The first kappa shape index (κ1) is 21.1. The molecule has 5 rings (SSSR count). The summed E-state index contributed by atoms with van der Waals surface area (Å²) in [5.41, 5.74) is 1.97. The fourth-order valence-corrected chi connectivity index (χ4v) is 5.65. The molecule has 1 aliphatic carbocycles. The molecule has 2 aromatic heterocycles. The molecule has 0 unspecified atom stereocenters. The van der Waals surface area contributed by atoms with E-state index in [0.29, 0.717) is 43.1 Å². The Labute approximate surface area is 188 Å². The molecule has 168 valence electrons. The van der Waals surface area contributed by atoms with E-state index in [0.717, 1.165) is 36.1 Å². The summed E-state index contributed by atoms with van der Waals surface area (Å²) in [6, 6.07) is 4.71. The van der Waals surface area contributed by atoms with Gasteiger partial charge in [0.25, 0.3) is 5.56 Å². The summed E-state index contributed by atoms with van der Waals surface area (Å²) in [4.78, 5) is 33.9. The number of halogens is 1. The normalized spacial score (nSPS) is 16.2. The Morgan fingerprint density at radius 1 is 1.22 bits per heavy atom. The van der Waals surface area contributed by atoms with E-state index in [-0.39, 0.29) is 30.2 Å². The Balaban J connectivity index is 1.25. The molecule has 1 amide bonds. The van der Waals surface area contributed by atoms with Crippen molar-refractivity contribution in [1.29, 1.82) is 0 Å². The molecule has 1 aliphatic heterocycles. The molecule has 32 heavy (non-hydrogen) atoms. The molecule has 3 heterocycles. The lowest BCUT2D eigenvalue weighted by Gasteiger charge is -2.29. The smallest absolute Gasteiger partial charge is 0.262 e. The zero-order valence-corrected chi connectivity index (χ0v) is 18.5. The number of hydrogen-bond donors (Lipinski definition) is 1. The van der Waals surface area contributed by atoms with E-state index in [4.69, 9.17) is 4.74 Å². The van der Waals surface area contributed by atoms with Gasteiger partial charge in [0, 0.05) is 36.6 Å². The molecule has 9 heteroatoms. The van der Waals surface area contributed by atoms with Crippen molar-refractivity contribution in [2.45, 2.75) is 38.6 Å². The lowest BCUT2D eigenvalue weighted by molar-refractivity contribution is -0.116. The van der Waals surface area contributed by atoms with Gasteiger partial charge in [-0.05, 0) is 49.4 Å². The van der Waals surface area contributed by atoms with Gasteiger partial charge in [-0.25, -0.2) is 9.37 Å². The number of rotatable bonds is 5. The number of fused-ring (bicyclic) bond motifs is 3. The van der Waals surface area contributed by atoms with Crippen molar-refractivity contribution in [3.8, 4) is 0 Å². The van der Waals surface area contributed by atoms with Crippen LogP contribution in [0, 0.1) is 5.82 Å². The first-order valence-corrected chi connectivity index (χ1v) is 11.8. The van der Waals surface area contributed by atoms with Gasteiger partial charge in [-0.2, -0.15) is 0 Å². The van der Waals surface area contributed by atoms with Crippen LogP contribution in [-0.2, 0) is 28.9 Å². The zero-order valence-electron chi connectivity index (χ0n) is 17.7. The third-order valence-corrected chi connectivity index (χ3v) is 7.30. The van der Waals surface area contributed by atoms with E-state index in [1.54, 1.807) is 23.5 Å². The molecule has 1 N–H and O–H groups in total. The Bertz CT molecular complexity index is 1220. The van der Waals surface area contributed by atoms with Crippen molar-refractivity contribution in [1.82, 2.24) is 9.55 Å². The van der Waals surface area contributed by atoms with Crippen molar-refractivity contribution in [2.75, 3.05) is 36.5 Å². The molecule has 7 nitrogen and oxygen atoms in total. The molecule has 0 bridgehead atoms. The molecule has 0 radical (unpaired) electrons. The number of benzene rings is 1. The molecule has 3 aromatic rings. The van der Waals surface area contributed by atoms with Crippen LogP contribution in [0.2, 0.25) is 0 Å². The highest BCUT2D eigenvalue weighted by atomic mass is 32.1. The second-order valence-corrected chi connectivity index (χ2v) is 9.28. The fourth-order valence-electron chi connectivity index (χ4n) is 4.43. The highest BCUT2D eigenvalue weighted by Gasteiger charge is 2.20. The van der Waals surface area contributed by atoms with Crippen LogP contribution in [0.4, 0.5) is 15.8 Å². The number of aromatic nitrogens is 2. The molecular weight excluding hydrogens is 431 g/mol. The molecule has 0 atom stereocenters. The summed E-state index contributed by atoms with van der Waals surface area (Å²) in [7, 11) is 0. The number of hydrogen-bond acceptors (Lipinski definition) is 6. The predicted octanol–water partition coefficient (Wildman–Crippen LogP) is 3.34. The van der Waals surface area contributed by atoms with E-state index in [2.05, 4.69) is 10.3 Å². The minimum absolute atomic E-state index is 0.0805. The Morgan fingerprint density at radius 3 is 2.84 bits per heavy atom. The van der Waals surface area contributed by atoms with Gasteiger partial charge in [0.05, 0.1) is 30.6 Å². The molecule has 2 aliphatic rings. The maximum Gasteiger partial charge on any atom is 0.262 e. The van der Waals surface area contributed by atoms with Crippen LogP contribution in [0.25, 0.3) is 10.2 Å². The summed E-state index contributed by atoms with van der Waals surface area (Å²) in [5.74, 6) is -0.652.